The summed E-state index contributed by atoms with van der Waals surface area (Å²) in [4.78, 5) is 0. The summed E-state index contributed by atoms with van der Waals surface area (Å²) in [6.45, 7) is 2.70. The number of halogens is 2. The van der Waals surface area contributed by atoms with Gasteiger partial charge in [-0.25, -0.2) is 0 Å². The molecule has 0 heterocycles. The van der Waals surface area contributed by atoms with E-state index in [4.69, 9.17) is 33.7 Å². The van der Waals surface area contributed by atoms with Gasteiger partial charge in [-0.15, -0.1) is 0 Å². The standard InChI is InChI=1S/C11H15Cl2NO/c1-8(3-2-6-14)15-9-4-5-10(12)11(13)7-9/h4-5,7-8H,2-3,6,14H2,1H3. The first-order chi connectivity index (χ1) is 7.13. The maximum atomic E-state index is 5.87. The lowest BCUT2D eigenvalue weighted by Gasteiger charge is -2.14. The average Bonchev–Trinajstić information content (AvgIpc) is 2.20. The van der Waals surface area contributed by atoms with Gasteiger partial charge in [-0.05, 0) is 38.4 Å². The summed E-state index contributed by atoms with van der Waals surface area (Å²) in [5.74, 6) is 0.744. The summed E-state index contributed by atoms with van der Waals surface area (Å²) in [6, 6.07) is 5.27. The molecule has 0 spiro atoms. The van der Waals surface area contributed by atoms with Gasteiger partial charge in [0.15, 0.2) is 0 Å². The lowest BCUT2D eigenvalue weighted by atomic mass is 10.2. The SMILES string of the molecule is CC(CCCN)Oc1ccc(Cl)c(Cl)c1. The lowest BCUT2D eigenvalue weighted by Crippen LogP contribution is -2.13. The van der Waals surface area contributed by atoms with Crippen molar-refractivity contribution < 1.29 is 4.74 Å². The summed E-state index contributed by atoms with van der Waals surface area (Å²) in [6.07, 6.45) is 2.05. The number of hydrogen-bond acceptors (Lipinski definition) is 2. The normalized spacial score (nSPS) is 12.5. The third kappa shape index (κ3) is 4.29. The summed E-state index contributed by atoms with van der Waals surface area (Å²) in [7, 11) is 0. The van der Waals surface area contributed by atoms with Gasteiger partial charge in [0.05, 0.1) is 16.1 Å². The van der Waals surface area contributed by atoms with Crippen LogP contribution in [-0.4, -0.2) is 12.6 Å². The van der Waals surface area contributed by atoms with Crippen molar-refractivity contribution in [1.82, 2.24) is 0 Å². The molecule has 2 N–H and O–H groups in total. The van der Waals surface area contributed by atoms with Gasteiger partial charge >= 0.3 is 0 Å². The highest BCUT2D eigenvalue weighted by molar-refractivity contribution is 6.42. The maximum absolute atomic E-state index is 5.87. The maximum Gasteiger partial charge on any atom is 0.121 e. The largest absolute Gasteiger partial charge is 0.491 e. The van der Waals surface area contributed by atoms with E-state index in [0.29, 0.717) is 16.6 Å². The Labute approximate surface area is 100 Å². The minimum atomic E-state index is 0.144. The van der Waals surface area contributed by atoms with E-state index >= 15 is 0 Å². The monoisotopic (exact) mass is 247 g/mol. The van der Waals surface area contributed by atoms with E-state index in [-0.39, 0.29) is 6.10 Å². The summed E-state index contributed by atoms with van der Waals surface area (Å²) in [5, 5.41) is 1.05. The van der Waals surface area contributed by atoms with Crippen molar-refractivity contribution in [2.75, 3.05) is 6.54 Å². The molecule has 4 heteroatoms. The number of ether oxygens (including phenoxy) is 1. The van der Waals surface area contributed by atoms with Crippen molar-refractivity contribution in [1.29, 1.82) is 0 Å². The van der Waals surface area contributed by atoms with Crippen LogP contribution in [-0.2, 0) is 0 Å². The van der Waals surface area contributed by atoms with Gasteiger partial charge in [-0.2, -0.15) is 0 Å². The van der Waals surface area contributed by atoms with Gasteiger partial charge in [0.2, 0.25) is 0 Å². The molecule has 1 unspecified atom stereocenters. The Balaban J connectivity index is 2.53. The Morgan fingerprint density at radius 2 is 2.07 bits per heavy atom. The van der Waals surface area contributed by atoms with Crippen molar-refractivity contribution in [2.24, 2.45) is 5.73 Å². The van der Waals surface area contributed by atoms with Gasteiger partial charge in [0.25, 0.3) is 0 Å². The highest BCUT2D eigenvalue weighted by Crippen LogP contribution is 2.27. The van der Waals surface area contributed by atoms with E-state index in [1.54, 1.807) is 12.1 Å². The van der Waals surface area contributed by atoms with E-state index in [1.807, 2.05) is 13.0 Å². The zero-order valence-electron chi connectivity index (χ0n) is 8.67. The molecule has 0 aliphatic carbocycles. The van der Waals surface area contributed by atoms with Crippen LogP contribution in [0.2, 0.25) is 10.0 Å². The van der Waals surface area contributed by atoms with E-state index in [1.165, 1.54) is 0 Å². The Morgan fingerprint density at radius 1 is 1.33 bits per heavy atom. The fourth-order valence-electron chi connectivity index (χ4n) is 1.25. The first kappa shape index (κ1) is 12.6. The van der Waals surface area contributed by atoms with E-state index < -0.39 is 0 Å². The molecule has 0 bridgehead atoms. The molecule has 0 aromatic heterocycles. The zero-order chi connectivity index (χ0) is 11.3. The molecule has 1 aromatic rings. The second kappa shape index (κ2) is 6.21. The quantitative estimate of drug-likeness (QED) is 0.865. The van der Waals surface area contributed by atoms with Crippen LogP contribution in [0.5, 0.6) is 5.75 Å². The third-order valence-corrected chi connectivity index (χ3v) is 2.78. The molecule has 15 heavy (non-hydrogen) atoms. The smallest absolute Gasteiger partial charge is 0.121 e. The number of hydrogen-bond donors (Lipinski definition) is 1. The summed E-state index contributed by atoms with van der Waals surface area (Å²) < 4.78 is 5.65. The Hall–Kier alpha value is -0.440. The fourth-order valence-corrected chi connectivity index (χ4v) is 1.53. The van der Waals surface area contributed by atoms with Crippen LogP contribution >= 0.6 is 23.2 Å². The molecule has 0 aliphatic heterocycles. The predicted molar refractivity (Wildman–Crippen MR) is 64.8 cm³/mol. The van der Waals surface area contributed by atoms with Crippen LogP contribution in [0, 0.1) is 0 Å². The third-order valence-electron chi connectivity index (χ3n) is 2.04. The molecule has 1 atom stereocenters. The number of rotatable bonds is 5. The molecule has 0 amide bonds. The van der Waals surface area contributed by atoms with Crippen molar-refractivity contribution >= 4 is 23.2 Å². The topological polar surface area (TPSA) is 35.2 Å². The first-order valence-electron chi connectivity index (χ1n) is 4.95. The second-order valence-electron chi connectivity index (χ2n) is 3.44. The Bertz CT molecular complexity index is 317. The summed E-state index contributed by atoms with van der Waals surface area (Å²) in [5.41, 5.74) is 5.42. The second-order valence-corrected chi connectivity index (χ2v) is 4.25. The van der Waals surface area contributed by atoms with Gasteiger partial charge in [0.1, 0.15) is 5.75 Å². The zero-order valence-corrected chi connectivity index (χ0v) is 10.2. The van der Waals surface area contributed by atoms with Crippen LogP contribution in [0.3, 0.4) is 0 Å². The summed E-state index contributed by atoms with van der Waals surface area (Å²) >= 11 is 11.7. The number of nitrogens with two attached hydrogens (primary N) is 1. The molecular weight excluding hydrogens is 233 g/mol. The van der Waals surface area contributed by atoms with E-state index in [0.717, 1.165) is 18.6 Å². The van der Waals surface area contributed by atoms with E-state index in [2.05, 4.69) is 0 Å². The van der Waals surface area contributed by atoms with Crippen LogP contribution in [0.4, 0.5) is 0 Å². The molecule has 1 aromatic carbocycles. The predicted octanol–water partition coefficient (Wildman–Crippen LogP) is 3.50. The molecule has 2 nitrogen and oxygen atoms in total. The van der Waals surface area contributed by atoms with Crippen molar-refractivity contribution in [3.05, 3.63) is 28.2 Å². The Morgan fingerprint density at radius 3 is 2.67 bits per heavy atom. The molecule has 84 valence electrons. The Kier molecular flexibility index (Phi) is 5.23. The molecule has 0 radical (unpaired) electrons. The van der Waals surface area contributed by atoms with Gasteiger partial charge in [-0.3, -0.25) is 0 Å². The van der Waals surface area contributed by atoms with Crippen molar-refractivity contribution in [3.63, 3.8) is 0 Å². The highest BCUT2D eigenvalue weighted by atomic mass is 35.5. The van der Waals surface area contributed by atoms with Crippen LogP contribution in [0.15, 0.2) is 18.2 Å². The molecule has 0 fully saturated rings. The minimum Gasteiger partial charge on any atom is -0.491 e. The lowest BCUT2D eigenvalue weighted by molar-refractivity contribution is 0.209. The van der Waals surface area contributed by atoms with Crippen molar-refractivity contribution in [3.8, 4) is 5.75 Å². The van der Waals surface area contributed by atoms with Crippen LogP contribution in [0.25, 0.3) is 0 Å². The van der Waals surface area contributed by atoms with Gasteiger partial charge in [0, 0.05) is 6.07 Å². The van der Waals surface area contributed by atoms with Crippen molar-refractivity contribution in [2.45, 2.75) is 25.9 Å². The highest BCUT2D eigenvalue weighted by Gasteiger charge is 2.05. The molecular formula is C11H15Cl2NO. The fraction of sp³-hybridized carbons (Fsp3) is 0.455. The van der Waals surface area contributed by atoms with E-state index in [9.17, 15) is 0 Å². The average molecular weight is 248 g/mol. The number of benzene rings is 1. The molecule has 0 aliphatic rings. The molecule has 0 saturated heterocycles. The minimum absolute atomic E-state index is 0.144. The van der Waals surface area contributed by atoms with Gasteiger partial charge < -0.3 is 10.5 Å². The van der Waals surface area contributed by atoms with Crippen LogP contribution < -0.4 is 10.5 Å². The molecule has 0 saturated carbocycles. The first-order valence-corrected chi connectivity index (χ1v) is 5.71. The van der Waals surface area contributed by atoms with Crippen LogP contribution in [0.1, 0.15) is 19.8 Å². The molecule has 1 rings (SSSR count). The van der Waals surface area contributed by atoms with Gasteiger partial charge in [-0.1, -0.05) is 23.2 Å².